The van der Waals surface area contributed by atoms with E-state index >= 15 is 0 Å². The van der Waals surface area contributed by atoms with E-state index in [1.165, 1.54) is 21.8 Å². The molecular formula is C14H12NY-. The Labute approximate surface area is 120 Å². The van der Waals surface area contributed by atoms with Crippen LogP contribution < -0.4 is 0 Å². The Bertz CT molecular complexity index is 572. The third-order valence-electron chi connectivity index (χ3n) is 2.90. The summed E-state index contributed by atoms with van der Waals surface area (Å²) >= 11 is 0. The molecule has 1 nitrogen and oxygen atoms in total. The van der Waals surface area contributed by atoms with Gasteiger partial charge in [0, 0.05) is 54.5 Å². The van der Waals surface area contributed by atoms with Gasteiger partial charge in [0.2, 0.25) is 0 Å². The molecule has 1 heterocycles. The Hall–Kier alpha value is -0.656. The molecule has 3 aromatic rings. The van der Waals surface area contributed by atoms with Crippen LogP contribution in [0.3, 0.4) is 0 Å². The molecule has 0 unspecified atom stereocenters. The van der Waals surface area contributed by atoms with Gasteiger partial charge in [-0.2, -0.15) is 0 Å². The van der Waals surface area contributed by atoms with Crippen LogP contribution in [0, 0.1) is 6.92 Å². The summed E-state index contributed by atoms with van der Waals surface area (Å²) in [6.45, 7) is 4.76. The second kappa shape index (κ2) is 4.69. The molecule has 0 amide bonds. The van der Waals surface area contributed by atoms with Crippen LogP contribution in [-0.2, 0) is 39.3 Å². The summed E-state index contributed by atoms with van der Waals surface area (Å²) in [5.74, 6) is 0. The van der Waals surface area contributed by atoms with Gasteiger partial charge >= 0.3 is 0 Å². The molecule has 0 spiro atoms. The van der Waals surface area contributed by atoms with Gasteiger partial charge in [-0.3, -0.25) is 0 Å². The van der Waals surface area contributed by atoms with Crippen LogP contribution in [0.25, 0.3) is 21.8 Å². The number of aromatic nitrogens is 1. The molecule has 0 fully saturated rings. The number of fused-ring (bicyclic) bond motifs is 3. The summed E-state index contributed by atoms with van der Waals surface area (Å²) in [7, 11) is 0. The fraction of sp³-hybridized carbons (Fsp3) is 0.0714. The fourth-order valence-corrected chi connectivity index (χ4v) is 2.24. The molecule has 0 aliphatic carbocycles. The van der Waals surface area contributed by atoms with E-state index in [1.807, 2.05) is 0 Å². The molecule has 0 saturated heterocycles. The van der Waals surface area contributed by atoms with Crippen LogP contribution in [-0.4, -0.2) is 4.57 Å². The Balaban J connectivity index is 0.000000963. The molecule has 0 bridgehead atoms. The van der Waals surface area contributed by atoms with Crippen molar-refractivity contribution in [3.8, 4) is 0 Å². The Morgan fingerprint density at radius 1 is 0.812 bits per heavy atom. The van der Waals surface area contributed by atoms with Crippen molar-refractivity contribution in [2.75, 3.05) is 0 Å². The SMILES string of the molecule is [CH2-]Cn1c2ccccc2c2ccccc21.[Y]. The van der Waals surface area contributed by atoms with Gasteiger partial charge in [-0.05, 0) is 12.1 Å². The minimum absolute atomic E-state index is 0. The first-order valence-corrected chi connectivity index (χ1v) is 5.17. The first-order chi connectivity index (χ1) is 7.42. The third-order valence-corrected chi connectivity index (χ3v) is 2.90. The Kier molecular flexibility index (Phi) is 3.46. The maximum atomic E-state index is 3.99. The topological polar surface area (TPSA) is 4.93 Å². The van der Waals surface area contributed by atoms with E-state index in [-0.39, 0.29) is 32.7 Å². The van der Waals surface area contributed by atoms with Gasteiger partial charge < -0.3 is 11.5 Å². The van der Waals surface area contributed by atoms with Crippen LogP contribution in [0.1, 0.15) is 0 Å². The zero-order valence-corrected chi connectivity index (χ0v) is 11.9. The van der Waals surface area contributed by atoms with Gasteiger partial charge in [0.05, 0.1) is 0 Å². The molecule has 2 heteroatoms. The van der Waals surface area contributed by atoms with E-state index in [1.54, 1.807) is 0 Å². The van der Waals surface area contributed by atoms with Crippen LogP contribution in [0.2, 0.25) is 0 Å². The minimum Gasteiger partial charge on any atom is -0.371 e. The van der Waals surface area contributed by atoms with Crippen molar-refractivity contribution in [1.29, 1.82) is 0 Å². The fourth-order valence-electron chi connectivity index (χ4n) is 2.24. The zero-order chi connectivity index (χ0) is 10.3. The summed E-state index contributed by atoms with van der Waals surface area (Å²) in [6.07, 6.45) is 0. The number of para-hydroxylation sites is 2. The van der Waals surface area contributed by atoms with Crippen molar-refractivity contribution in [2.24, 2.45) is 0 Å². The summed E-state index contributed by atoms with van der Waals surface area (Å²) in [6, 6.07) is 17.0. The molecule has 1 radical (unpaired) electrons. The van der Waals surface area contributed by atoms with Crippen LogP contribution in [0.5, 0.6) is 0 Å². The predicted molar refractivity (Wildman–Crippen MR) is 64.8 cm³/mol. The average molecular weight is 283 g/mol. The normalized spacial score (nSPS) is 10.6. The molecule has 0 aliphatic rings. The molecule has 0 aliphatic heterocycles. The van der Waals surface area contributed by atoms with Gasteiger partial charge in [-0.25, -0.2) is 0 Å². The van der Waals surface area contributed by atoms with E-state index < -0.39 is 0 Å². The van der Waals surface area contributed by atoms with E-state index in [0.717, 1.165) is 6.54 Å². The quantitative estimate of drug-likeness (QED) is 0.601. The number of hydrogen-bond acceptors (Lipinski definition) is 0. The first kappa shape index (κ1) is 11.8. The zero-order valence-electron chi connectivity index (χ0n) is 9.06. The first-order valence-electron chi connectivity index (χ1n) is 5.17. The monoisotopic (exact) mass is 283 g/mol. The predicted octanol–water partition coefficient (Wildman–Crippen LogP) is 3.63. The maximum absolute atomic E-state index is 3.99. The summed E-state index contributed by atoms with van der Waals surface area (Å²) in [5.41, 5.74) is 2.54. The molecule has 2 aromatic carbocycles. The number of rotatable bonds is 1. The molecular weight excluding hydrogens is 271 g/mol. The second-order valence-electron chi connectivity index (χ2n) is 3.69. The van der Waals surface area contributed by atoms with E-state index in [9.17, 15) is 0 Å². The van der Waals surface area contributed by atoms with Gasteiger partial charge in [-0.15, -0.1) is 6.54 Å². The average Bonchev–Trinajstić information content (AvgIpc) is 2.63. The molecule has 77 valence electrons. The second-order valence-corrected chi connectivity index (χ2v) is 3.69. The molecule has 3 rings (SSSR count). The van der Waals surface area contributed by atoms with Gasteiger partial charge in [0.1, 0.15) is 0 Å². The Morgan fingerprint density at radius 2 is 1.25 bits per heavy atom. The minimum atomic E-state index is 0. The summed E-state index contributed by atoms with van der Waals surface area (Å²) < 4.78 is 2.25. The van der Waals surface area contributed by atoms with Crippen molar-refractivity contribution in [1.82, 2.24) is 4.57 Å². The summed E-state index contributed by atoms with van der Waals surface area (Å²) in [5, 5.41) is 2.63. The van der Waals surface area contributed by atoms with Crippen LogP contribution in [0.4, 0.5) is 0 Å². The smallest absolute Gasteiger partial charge is 0.0466 e. The van der Waals surface area contributed by atoms with Crippen molar-refractivity contribution < 1.29 is 32.7 Å². The van der Waals surface area contributed by atoms with Crippen molar-refractivity contribution >= 4 is 21.8 Å². The number of benzene rings is 2. The molecule has 0 atom stereocenters. The van der Waals surface area contributed by atoms with Crippen molar-refractivity contribution in [3.05, 3.63) is 55.5 Å². The number of hydrogen-bond donors (Lipinski definition) is 0. The largest absolute Gasteiger partial charge is 0.371 e. The van der Waals surface area contributed by atoms with E-state index in [0.29, 0.717) is 0 Å². The summed E-state index contributed by atoms with van der Waals surface area (Å²) in [4.78, 5) is 0. The van der Waals surface area contributed by atoms with Crippen molar-refractivity contribution in [3.63, 3.8) is 0 Å². The molecule has 0 N–H and O–H groups in total. The molecule has 0 saturated carbocycles. The van der Waals surface area contributed by atoms with Crippen LogP contribution >= 0.6 is 0 Å². The molecule has 16 heavy (non-hydrogen) atoms. The van der Waals surface area contributed by atoms with Gasteiger partial charge in [-0.1, -0.05) is 36.4 Å². The van der Waals surface area contributed by atoms with Crippen LogP contribution in [0.15, 0.2) is 48.5 Å². The standard InChI is InChI=1S/C14H12N.Y/c1-2-15-13-9-5-3-7-11(13)12-8-4-6-10-14(12)15;/h3-10H,1-2H2;/q-1;. The van der Waals surface area contributed by atoms with Gasteiger partial charge in [0.15, 0.2) is 0 Å². The van der Waals surface area contributed by atoms with E-state index in [2.05, 4.69) is 60.0 Å². The van der Waals surface area contributed by atoms with E-state index in [4.69, 9.17) is 0 Å². The van der Waals surface area contributed by atoms with Gasteiger partial charge in [0.25, 0.3) is 0 Å². The Morgan fingerprint density at radius 3 is 1.69 bits per heavy atom. The molecule has 1 aromatic heterocycles. The third kappa shape index (κ3) is 1.63. The maximum Gasteiger partial charge on any atom is 0.0466 e. The number of nitrogens with zero attached hydrogens (tertiary/aromatic N) is 1. The van der Waals surface area contributed by atoms with Crippen molar-refractivity contribution in [2.45, 2.75) is 6.54 Å².